The number of aromatic nitrogens is 16. The lowest BCUT2D eigenvalue weighted by Crippen LogP contribution is -2.33. The molecule has 0 aromatic carbocycles. The molecule has 0 bridgehead atoms. The summed E-state index contributed by atoms with van der Waals surface area (Å²) in [5, 5.41) is 0. The lowest BCUT2D eigenvalue weighted by atomic mass is 10.1. The van der Waals surface area contributed by atoms with Gasteiger partial charge >= 0.3 is 74.5 Å². The fourth-order valence-corrected chi connectivity index (χ4v) is 26.9. The minimum absolute atomic E-state index is 0.00591. The summed E-state index contributed by atoms with van der Waals surface area (Å²) in [6.07, 6.45) is -22.0. The fourth-order valence-electron chi connectivity index (χ4n) is 16.3. The maximum absolute atomic E-state index is 13.7. The van der Waals surface area contributed by atoms with E-state index in [9.17, 15) is 82.2 Å². The second-order valence-corrected chi connectivity index (χ2v) is 53.8. The van der Waals surface area contributed by atoms with Gasteiger partial charge in [-0.3, -0.25) is 84.7 Å². The van der Waals surface area contributed by atoms with E-state index in [-0.39, 0.29) is 76.6 Å². The number of aromatic amines is 4. The minimum atomic E-state index is -5.01. The number of nitrogens with two attached hydrogens (primary N) is 3. The molecule has 15 heterocycles. The van der Waals surface area contributed by atoms with E-state index in [1.807, 2.05) is 0 Å². The third-order valence-corrected chi connectivity index (χ3v) is 35.1. The molecule has 56 nitrogen and oxygen atoms in total. The van der Waals surface area contributed by atoms with Gasteiger partial charge in [0.25, 0.3) is 22.2 Å². The number of ether oxygens (including phenoxy) is 7. The summed E-state index contributed by atoms with van der Waals surface area (Å²) in [6.45, 7) is -23.9. The Morgan fingerprint density at radius 3 is 1.06 bits per heavy atom. The summed E-state index contributed by atoms with van der Waals surface area (Å²) < 4.78 is 130. The van der Waals surface area contributed by atoms with Crippen molar-refractivity contribution >= 4 is 158 Å². The van der Waals surface area contributed by atoms with Gasteiger partial charge in [0, 0.05) is 129 Å². The molecule has 0 spiro atoms. The standard InChI is InChI=1S/C71H96N19O37P7S7/c1-9-36-38(12-48(112-36)84-19-30(2)56(72)78-66(84)95)121-130(103,137)109-25-45-40(14-50(114-45)86-21-32(4)60(91)80-68(86)97)122-131(104,138)110-26-46-41(15-51(115-46)87-22-33(5)61(92)81-69(87)98)123-132(105,139)111-27-47-42(16-52(116-47)88-23-34(6)62(93)82-70(88)99)124-133(106,140)127-65-44(18-54(118-65)90-29-77-55-58(74)75-28-76-59(55)90)125-134(107,141)126-64-43(17-53(117-64)89-24-35(7)63(94)83-71(89)100)119-128(101,135)11-10-37-39(120-129(102,136)108-8)13-49(113-37)85-20-31(3)57(73)79-67(85)96/h19-24,28-29,36-54,64-65H,9-18,25-27H2,1-8H3,(H,101,135)(H,102,136)(H,103,137)(H,104,138)(H,105,139)(H,106,140)(H,107,141)(H2,72,78,95)(H2,73,79,96)(H2,74,75,76)(H,80,91,97)(H,81,92,98)(H,82,93,99)(H,83,94,100)/t36-,37-,38-,39-,40-,41-,42-,43-,44-,45-,46-,47-,48-,49-,50-,51-,52-,53-,54-,64-,65-,128?,129?,130?,131?,132?,133?,134?/m1/s1. The Labute approximate surface area is 829 Å². The fraction of sp³-hybridized carbons (Fsp3) is 0.592. The number of fused-ring (bicyclic) bond motifs is 1. The van der Waals surface area contributed by atoms with Crippen LogP contribution in [0.3, 0.4) is 0 Å². The Kier molecular flexibility index (Phi) is 33.7. The van der Waals surface area contributed by atoms with Crippen LogP contribution in [0.5, 0.6) is 0 Å². The number of H-pyrrole nitrogens is 4. The van der Waals surface area contributed by atoms with Crippen molar-refractivity contribution in [1.29, 1.82) is 0 Å². The van der Waals surface area contributed by atoms with Gasteiger partial charge in [-0.1, -0.05) is 6.92 Å². The third kappa shape index (κ3) is 26.1. The van der Waals surface area contributed by atoms with Gasteiger partial charge in [-0.05, 0) is 137 Å². The molecule has 8 aromatic rings. The summed E-state index contributed by atoms with van der Waals surface area (Å²) in [7, 11) is 1.12. The van der Waals surface area contributed by atoms with Crippen molar-refractivity contribution < 1.29 is 126 Å². The molecule has 141 heavy (non-hydrogen) atoms. The van der Waals surface area contributed by atoms with Crippen molar-refractivity contribution in [3.8, 4) is 0 Å². The van der Waals surface area contributed by atoms with Crippen LogP contribution in [0.1, 0.15) is 142 Å². The Balaban J connectivity index is 0.658. The van der Waals surface area contributed by atoms with Gasteiger partial charge in [0.05, 0.1) is 68.9 Å². The zero-order chi connectivity index (χ0) is 102. The van der Waals surface area contributed by atoms with Crippen LogP contribution in [-0.2, 0) is 175 Å². The molecule has 15 rings (SSSR count). The lowest BCUT2D eigenvalue weighted by molar-refractivity contribution is -0.144. The van der Waals surface area contributed by atoms with Crippen LogP contribution < -0.4 is 73.6 Å². The summed E-state index contributed by atoms with van der Waals surface area (Å²) in [6, 6.07) is 0. The zero-order valence-electron chi connectivity index (χ0n) is 74.9. The van der Waals surface area contributed by atoms with E-state index in [1.54, 1.807) is 20.8 Å². The largest absolute Gasteiger partial charge is 0.383 e. The van der Waals surface area contributed by atoms with Crippen LogP contribution in [0, 0.1) is 41.5 Å². The predicted molar refractivity (Wildman–Crippen MR) is 515 cm³/mol. The van der Waals surface area contributed by atoms with Crippen LogP contribution in [0.15, 0.2) is 97.8 Å². The number of aryl methyl sites for hydroxylation is 6. The van der Waals surface area contributed by atoms with Crippen molar-refractivity contribution in [2.24, 2.45) is 0 Å². The molecular weight excluding hydrogens is 2150 g/mol. The van der Waals surface area contributed by atoms with E-state index in [0.717, 1.165) is 54.9 Å². The van der Waals surface area contributed by atoms with Crippen LogP contribution in [0.25, 0.3) is 11.2 Å². The van der Waals surface area contributed by atoms with Gasteiger partial charge in [-0.15, -0.1) is 0 Å². The highest BCUT2D eigenvalue weighted by molar-refractivity contribution is 8.10. The average Bonchev–Trinajstić information content (AvgIpc) is 1.62. The predicted octanol–water partition coefficient (Wildman–Crippen LogP) is 0.894. The Morgan fingerprint density at radius 2 is 0.674 bits per heavy atom. The summed E-state index contributed by atoms with van der Waals surface area (Å²) >= 11 is 39.2. The molecule has 70 heteroatoms. The summed E-state index contributed by atoms with van der Waals surface area (Å²) in [4.78, 5) is 244. The van der Waals surface area contributed by atoms with Gasteiger partial charge in [0.15, 0.2) is 30.5 Å². The number of rotatable bonds is 39. The average molecular weight is 2250 g/mol. The van der Waals surface area contributed by atoms with E-state index in [1.165, 1.54) is 61.7 Å². The first-order valence-corrected chi connectivity index (χ1v) is 60.9. The lowest BCUT2D eigenvalue weighted by Gasteiger charge is -2.30. The highest BCUT2D eigenvalue weighted by atomic mass is 32.5. The summed E-state index contributed by atoms with van der Waals surface area (Å²) in [5.74, 6) is -0.0997. The van der Waals surface area contributed by atoms with E-state index >= 15 is 0 Å². The van der Waals surface area contributed by atoms with Crippen LogP contribution in [0.2, 0.25) is 0 Å². The number of hydrogen-bond acceptors (Lipinski definition) is 45. The van der Waals surface area contributed by atoms with Crippen molar-refractivity contribution in [2.75, 3.05) is 50.3 Å². The van der Waals surface area contributed by atoms with Gasteiger partial charge in [-0.2, -0.15) is 9.97 Å². The van der Waals surface area contributed by atoms with Gasteiger partial charge in [0.1, 0.15) is 97.6 Å². The zero-order valence-corrected chi connectivity index (χ0v) is 86.9. The number of anilines is 3. The Hall–Kier alpha value is -6.10. The SMILES string of the molecule is CC[C@H]1O[C@@H](n2cc(C)c(N)nc2=O)C[C@H]1OP(O)(=S)OC[C@H]1O[C@@H](n2cc(C)c(=O)[nH]c2=O)C[C@H]1OP(O)(=S)OC[C@H]1O[C@@H](n2cc(C)c(=O)[nH]c2=O)C[C@H]1OP(O)(=S)OC[C@H]1O[C@@H](n2cc(C)c(=O)[nH]c2=O)C[C@H]1OP(O)(=S)O[C@H]1O[C@@H](n2cnc3c(N)ncnc32)C[C@H]1OP(O)(=S)O[C@H]1O[C@@H](n2cc(C)c(=O)[nH]c2=O)C[C@H]1OP(O)(=S)CC[C@H]1O[C@@H](n2cc(C)c(N)nc2=O)C[C@H]1OP(O)(=S)OC. The monoisotopic (exact) mass is 2250 g/mol. The Bertz CT molecular complexity index is 7140. The number of imidazole rings is 1. The molecule has 17 N–H and O–H groups in total. The van der Waals surface area contributed by atoms with Crippen molar-refractivity contribution in [3.63, 3.8) is 0 Å². The number of hydrogen-bond donors (Lipinski definition) is 14. The van der Waals surface area contributed by atoms with E-state index in [4.69, 9.17) is 192 Å². The smallest absolute Gasteiger partial charge is 0.351 e. The van der Waals surface area contributed by atoms with Crippen molar-refractivity contribution in [3.05, 3.63) is 188 Å². The van der Waals surface area contributed by atoms with E-state index < -0.39 is 284 Å². The van der Waals surface area contributed by atoms with Gasteiger partial charge < -0.3 is 130 Å². The molecule has 0 saturated carbocycles. The quantitative estimate of drug-likeness (QED) is 0.0238. The molecule has 7 fully saturated rings. The molecular formula is C71H96N19O37P7S7. The molecule has 0 amide bonds. The van der Waals surface area contributed by atoms with Gasteiger partial charge in [0.2, 0.25) is 0 Å². The molecule has 0 aliphatic carbocycles. The first-order valence-electron chi connectivity index (χ1n) is 42.5. The van der Waals surface area contributed by atoms with Gasteiger partial charge in [-0.25, -0.2) is 43.7 Å². The molecule has 28 atom stereocenters. The van der Waals surface area contributed by atoms with Crippen LogP contribution >= 0.6 is 46.8 Å². The molecule has 7 aliphatic heterocycles. The molecule has 774 valence electrons. The molecule has 7 aliphatic rings. The normalized spacial score (nSPS) is 30.0. The second-order valence-electron chi connectivity index (χ2n) is 33.4. The number of nitrogen functional groups attached to an aromatic ring is 3. The first-order chi connectivity index (χ1) is 66.1. The maximum Gasteiger partial charge on any atom is 0.351 e. The molecule has 0 radical (unpaired) electrons. The first kappa shape index (κ1) is 109. The summed E-state index contributed by atoms with van der Waals surface area (Å²) in [5.41, 5.74) is 10.7. The van der Waals surface area contributed by atoms with Crippen molar-refractivity contribution in [1.82, 2.24) is 76.8 Å². The number of nitrogens with zero attached hydrogens (tertiary/aromatic N) is 12. The maximum atomic E-state index is 13.7. The molecule has 8 aromatic heterocycles. The second kappa shape index (κ2) is 43.6. The highest BCUT2D eigenvalue weighted by Gasteiger charge is 2.53. The topological polar surface area (TPSA) is 737 Å². The van der Waals surface area contributed by atoms with Crippen LogP contribution in [-0.4, -0.2) is 230 Å². The third-order valence-electron chi connectivity index (χ3n) is 23.4. The van der Waals surface area contributed by atoms with Crippen molar-refractivity contribution in [2.45, 2.75) is 236 Å². The van der Waals surface area contributed by atoms with Crippen LogP contribution in [0.4, 0.5) is 17.5 Å². The molecule has 7 unspecified atom stereocenters. The molecule has 7 saturated heterocycles. The van der Waals surface area contributed by atoms with E-state index in [2.05, 4.69) is 44.9 Å². The minimum Gasteiger partial charge on any atom is -0.383 e. The van der Waals surface area contributed by atoms with E-state index in [0.29, 0.717) is 17.5 Å². The highest BCUT2D eigenvalue weighted by Crippen LogP contribution is 2.61. The number of nitrogens with one attached hydrogen (secondary N) is 4. The Morgan fingerprint density at radius 1 is 0.369 bits per heavy atom.